The molecule has 0 aliphatic carbocycles. The maximum Gasteiger partial charge on any atom is 0.210 e. The standard InChI is InChI=1S/C24H23NO2.HI/c1-24(2)22(14-10-17-15-18(27-4)11-13-21(17)26)25(3)20-12-9-16-7-5-6-8-19(16)23(20)24;/h5-15H,1-4H3;1H. The molecule has 3 nitrogen and oxygen atoms in total. The van der Waals surface area contributed by atoms with Gasteiger partial charge >= 0.3 is 0 Å². The molecule has 0 fully saturated rings. The molecular weight excluding hydrogens is 461 g/mol. The van der Waals surface area contributed by atoms with Gasteiger partial charge in [0, 0.05) is 23.3 Å². The summed E-state index contributed by atoms with van der Waals surface area (Å²) in [5.74, 6) is 0.972. The monoisotopic (exact) mass is 485 g/mol. The van der Waals surface area contributed by atoms with Gasteiger partial charge < -0.3 is 33.8 Å². The first-order valence-corrected chi connectivity index (χ1v) is 9.12. The van der Waals surface area contributed by atoms with Gasteiger partial charge in [0.25, 0.3) is 0 Å². The summed E-state index contributed by atoms with van der Waals surface area (Å²) < 4.78 is 7.53. The number of allylic oxidation sites excluding steroid dienone is 1. The van der Waals surface area contributed by atoms with Crippen LogP contribution >= 0.6 is 0 Å². The van der Waals surface area contributed by atoms with Crippen molar-refractivity contribution in [2.75, 3.05) is 14.2 Å². The molecule has 0 bridgehead atoms. The minimum absolute atomic E-state index is 0. The summed E-state index contributed by atoms with van der Waals surface area (Å²) in [6.45, 7) is 4.51. The Kier molecular flexibility index (Phi) is 5.53. The number of hydrogen-bond acceptors (Lipinski definition) is 2. The Bertz CT molecular complexity index is 1110. The molecular formula is C24H24INO2. The van der Waals surface area contributed by atoms with Crippen molar-refractivity contribution in [3.05, 3.63) is 71.8 Å². The van der Waals surface area contributed by atoms with Crippen molar-refractivity contribution in [1.82, 2.24) is 0 Å². The summed E-state index contributed by atoms with van der Waals surface area (Å²) in [7, 11) is 3.73. The average molecular weight is 485 g/mol. The number of halogens is 1. The molecule has 3 aromatic carbocycles. The molecule has 0 spiro atoms. The van der Waals surface area contributed by atoms with E-state index in [1.807, 2.05) is 12.1 Å². The van der Waals surface area contributed by atoms with Crippen molar-refractivity contribution < 1.29 is 38.4 Å². The highest BCUT2D eigenvalue weighted by Crippen LogP contribution is 2.43. The van der Waals surface area contributed by atoms with Crippen LogP contribution in [0.15, 0.2) is 60.7 Å². The summed E-state index contributed by atoms with van der Waals surface area (Å²) in [6, 6.07) is 18.2. The maximum absolute atomic E-state index is 10.2. The molecule has 1 aliphatic heterocycles. The largest absolute Gasteiger partial charge is 1.00 e. The van der Waals surface area contributed by atoms with Gasteiger partial charge in [0.1, 0.15) is 18.5 Å². The molecule has 4 heteroatoms. The molecule has 0 saturated carbocycles. The van der Waals surface area contributed by atoms with E-state index in [9.17, 15) is 5.11 Å². The molecule has 1 N–H and O–H groups in total. The number of rotatable bonds is 3. The van der Waals surface area contributed by atoms with E-state index >= 15 is 0 Å². The lowest BCUT2D eigenvalue weighted by Crippen LogP contribution is -3.00. The molecule has 0 radical (unpaired) electrons. The van der Waals surface area contributed by atoms with Gasteiger partial charge in [0.2, 0.25) is 5.69 Å². The molecule has 3 aromatic rings. The molecule has 0 atom stereocenters. The minimum atomic E-state index is -0.143. The molecule has 0 aromatic heterocycles. The summed E-state index contributed by atoms with van der Waals surface area (Å²) >= 11 is 0. The summed E-state index contributed by atoms with van der Waals surface area (Å²) in [6.07, 6.45) is 4.06. The number of phenols is 1. The molecule has 4 rings (SSSR count). The van der Waals surface area contributed by atoms with Crippen LogP contribution in [-0.2, 0) is 5.41 Å². The topological polar surface area (TPSA) is 32.5 Å². The van der Waals surface area contributed by atoms with Crippen molar-refractivity contribution in [2.45, 2.75) is 19.3 Å². The van der Waals surface area contributed by atoms with Crippen molar-refractivity contribution in [3.63, 3.8) is 0 Å². The molecule has 0 amide bonds. The third-order valence-corrected chi connectivity index (χ3v) is 5.55. The van der Waals surface area contributed by atoms with Crippen molar-refractivity contribution in [1.29, 1.82) is 0 Å². The second kappa shape index (κ2) is 7.59. The Morgan fingerprint density at radius 2 is 1.75 bits per heavy atom. The van der Waals surface area contributed by atoms with Crippen LogP contribution < -0.4 is 28.7 Å². The Morgan fingerprint density at radius 1 is 1.00 bits per heavy atom. The summed E-state index contributed by atoms with van der Waals surface area (Å²) in [5, 5.41) is 12.7. The number of hydrogen-bond donors (Lipinski definition) is 1. The van der Waals surface area contributed by atoms with Gasteiger partial charge in [-0.05, 0) is 55.0 Å². The van der Waals surface area contributed by atoms with E-state index in [2.05, 4.69) is 67.9 Å². The predicted molar refractivity (Wildman–Crippen MR) is 112 cm³/mol. The number of phenolic OH excluding ortho intramolecular Hbond substituents is 1. The van der Waals surface area contributed by atoms with E-state index in [1.165, 1.54) is 27.7 Å². The molecule has 0 unspecified atom stereocenters. The van der Waals surface area contributed by atoms with Gasteiger partial charge in [-0.1, -0.05) is 24.3 Å². The number of methoxy groups -OCH3 is 1. The zero-order chi connectivity index (χ0) is 19.2. The fourth-order valence-electron chi connectivity index (χ4n) is 4.16. The first-order chi connectivity index (χ1) is 12.9. The van der Waals surface area contributed by atoms with Crippen LogP contribution in [0.3, 0.4) is 0 Å². The third-order valence-electron chi connectivity index (χ3n) is 5.55. The summed E-state index contributed by atoms with van der Waals surface area (Å²) in [5.41, 5.74) is 4.37. The highest BCUT2D eigenvalue weighted by molar-refractivity contribution is 6.09. The van der Waals surface area contributed by atoms with Crippen LogP contribution in [0.25, 0.3) is 16.8 Å². The highest BCUT2D eigenvalue weighted by atomic mass is 127. The van der Waals surface area contributed by atoms with Crippen molar-refractivity contribution >= 4 is 28.2 Å². The molecule has 1 heterocycles. The Balaban J connectivity index is 0.00000225. The zero-order valence-electron chi connectivity index (χ0n) is 16.5. The Morgan fingerprint density at radius 3 is 2.50 bits per heavy atom. The predicted octanol–water partition coefficient (Wildman–Crippen LogP) is 2.28. The van der Waals surface area contributed by atoms with E-state index in [0.717, 1.165) is 11.3 Å². The number of nitrogens with zero attached hydrogens (tertiary/aromatic N) is 1. The van der Waals surface area contributed by atoms with Crippen LogP contribution in [-0.4, -0.2) is 29.6 Å². The minimum Gasteiger partial charge on any atom is -1.00 e. The highest BCUT2D eigenvalue weighted by Gasteiger charge is 2.44. The van der Waals surface area contributed by atoms with E-state index in [4.69, 9.17) is 4.74 Å². The first kappa shape index (κ1) is 20.4. The van der Waals surface area contributed by atoms with E-state index in [0.29, 0.717) is 0 Å². The number of benzene rings is 3. The number of fused-ring (bicyclic) bond motifs is 3. The first-order valence-electron chi connectivity index (χ1n) is 9.12. The second-order valence-corrected chi connectivity index (χ2v) is 7.51. The van der Waals surface area contributed by atoms with Gasteiger partial charge in [0.05, 0.1) is 12.5 Å². The molecule has 1 aliphatic rings. The van der Waals surface area contributed by atoms with Crippen LogP contribution in [0.1, 0.15) is 25.0 Å². The summed E-state index contributed by atoms with van der Waals surface area (Å²) in [4.78, 5) is 0. The maximum atomic E-state index is 10.2. The Labute approximate surface area is 183 Å². The van der Waals surface area contributed by atoms with Gasteiger partial charge in [-0.2, -0.15) is 4.58 Å². The molecule has 28 heavy (non-hydrogen) atoms. The van der Waals surface area contributed by atoms with Crippen LogP contribution in [0.2, 0.25) is 0 Å². The Hall–Kier alpha value is -2.34. The smallest absolute Gasteiger partial charge is 0.210 e. The normalized spacial score (nSPS) is 15.0. The van der Waals surface area contributed by atoms with Gasteiger partial charge in [-0.3, -0.25) is 0 Å². The fourth-order valence-corrected chi connectivity index (χ4v) is 4.16. The number of ether oxygens (including phenoxy) is 1. The van der Waals surface area contributed by atoms with Crippen LogP contribution in [0, 0.1) is 0 Å². The van der Waals surface area contributed by atoms with Gasteiger partial charge in [-0.25, -0.2) is 0 Å². The average Bonchev–Trinajstić information content (AvgIpc) is 2.87. The third kappa shape index (κ3) is 3.20. The van der Waals surface area contributed by atoms with E-state index in [1.54, 1.807) is 19.2 Å². The quantitative estimate of drug-likeness (QED) is 0.456. The zero-order valence-corrected chi connectivity index (χ0v) is 18.7. The SMILES string of the molecule is COc1ccc(O)c(/C=C/C2=[N+](C)c3ccc4ccccc4c3C2(C)C)c1.[I-]. The lowest BCUT2D eigenvalue weighted by Gasteiger charge is -2.17. The van der Waals surface area contributed by atoms with Gasteiger partial charge in [-0.15, -0.1) is 0 Å². The lowest BCUT2D eigenvalue weighted by atomic mass is 9.79. The van der Waals surface area contributed by atoms with Crippen LogP contribution in [0.5, 0.6) is 11.5 Å². The second-order valence-electron chi connectivity index (χ2n) is 7.51. The molecule has 0 saturated heterocycles. The van der Waals surface area contributed by atoms with Crippen LogP contribution in [0.4, 0.5) is 5.69 Å². The van der Waals surface area contributed by atoms with E-state index in [-0.39, 0.29) is 35.1 Å². The van der Waals surface area contributed by atoms with Crippen molar-refractivity contribution in [2.24, 2.45) is 0 Å². The fraction of sp³-hybridized carbons (Fsp3) is 0.208. The van der Waals surface area contributed by atoms with E-state index < -0.39 is 0 Å². The number of aromatic hydroxyl groups is 1. The van der Waals surface area contributed by atoms with Gasteiger partial charge in [0.15, 0.2) is 5.71 Å². The lowest BCUT2D eigenvalue weighted by molar-refractivity contribution is -0.401. The molecule has 144 valence electrons. The van der Waals surface area contributed by atoms with Crippen molar-refractivity contribution in [3.8, 4) is 11.5 Å².